The van der Waals surface area contributed by atoms with Gasteiger partial charge in [0.1, 0.15) is 0 Å². The molecule has 1 N–H and O–H groups in total. The summed E-state index contributed by atoms with van der Waals surface area (Å²) in [5.74, 6) is -0.502. The molecule has 4 rings (SSSR count). The first-order valence-electron chi connectivity index (χ1n) is 11.2. The molecular weight excluding hydrogens is 426 g/mol. The van der Waals surface area contributed by atoms with Crippen LogP contribution in [-0.2, 0) is 16.0 Å². The maximum Gasteiger partial charge on any atom is 0.338 e. The van der Waals surface area contributed by atoms with Crippen LogP contribution < -0.4 is 5.43 Å². The Morgan fingerprint density at radius 1 is 1.00 bits per heavy atom. The van der Waals surface area contributed by atoms with Gasteiger partial charge in [0, 0.05) is 22.6 Å². The minimum absolute atomic E-state index is 0.170. The highest BCUT2D eigenvalue weighted by Gasteiger charge is 2.12. The first-order valence-corrected chi connectivity index (χ1v) is 11.2. The lowest BCUT2D eigenvalue weighted by atomic mass is 10.0. The van der Waals surface area contributed by atoms with E-state index in [4.69, 9.17) is 4.74 Å². The predicted molar refractivity (Wildman–Crippen MR) is 135 cm³/mol. The largest absolute Gasteiger partial charge is 0.462 e. The number of ether oxygens (including phenoxy) is 1. The van der Waals surface area contributed by atoms with Crippen molar-refractivity contribution in [1.29, 1.82) is 0 Å². The zero-order chi connectivity index (χ0) is 24.1. The molecule has 0 aliphatic carbocycles. The molecule has 1 heterocycles. The van der Waals surface area contributed by atoms with Crippen LogP contribution in [0.2, 0.25) is 0 Å². The molecular formula is C28H27N3O3. The van der Waals surface area contributed by atoms with Gasteiger partial charge in [-0.3, -0.25) is 4.79 Å². The fourth-order valence-electron chi connectivity index (χ4n) is 4.11. The van der Waals surface area contributed by atoms with Crippen LogP contribution in [0.1, 0.15) is 39.8 Å². The number of rotatable bonds is 7. The fourth-order valence-corrected chi connectivity index (χ4v) is 4.11. The molecule has 1 aromatic heterocycles. The van der Waals surface area contributed by atoms with Crippen LogP contribution in [0.3, 0.4) is 0 Å². The molecule has 0 aliphatic rings. The Labute approximate surface area is 198 Å². The Hall–Kier alpha value is -4.19. The average molecular weight is 454 g/mol. The Balaban J connectivity index is 1.45. The van der Waals surface area contributed by atoms with Gasteiger partial charge in [0.05, 0.1) is 24.8 Å². The number of fused-ring (bicyclic) bond motifs is 1. The molecule has 0 spiro atoms. The third-order valence-electron chi connectivity index (χ3n) is 5.73. The zero-order valence-corrected chi connectivity index (χ0v) is 19.5. The second-order valence-electron chi connectivity index (χ2n) is 8.04. The smallest absolute Gasteiger partial charge is 0.338 e. The number of aryl methyl sites for hydroxylation is 1. The van der Waals surface area contributed by atoms with Crippen LogP contribution in [0.4, 0.5) is 0 Å². The van der Waals surface area contributed by atoms with Gasteiger partial charge in [-0.1, -0.05) is 42.5 Å². The minimum atomic E-state index is -0.331. The van der Waals surface area contributed by atoms with Crippen LogP contribution in [0.5, 0.6) is 0 Å². The molecule has 0 radical (unpaired) electrons. The van der Waals surface area contributed by atoms with Crippen LogP contribution in [-0.4, -0.2) is 29.3 Å². The molecule has 1 amide bonds. The van der Waals surface area contributed by atoms with Gasteiger partial charge in [-0.15, -0.1) is 0 Å². The first-order chi connectivity index (χ1) is 16.5. The number of carbonyl (C=O) groups excluding carboxylic acids is 2. The lowest BCUT2D eigenvalue weighted by Crippen LogP contribution is -2.19. The van der Waals surface area contributed by atoms with Crippen LogP contribution in [0.15, 0.2) is 77.9 Å². The van der Waals surface area contributed by atoms with Gasteiger partial charge < -0.3 is 9.30 Å². The number of hydrogen-bond donors (Lipinski definition) is 1. The third-order valence-corrected chi connectivity index (χ3v) is 5.73. The quantitative estimate of drug-likeness (QED) is 0.240. The van der Waals surface area contributed by atoms with Crippen molar-refractivity contribution in [3.8, 4) is 5.69 Å². The average Bonchev–Trinajstić information content (AvgIpc) is 3.12. The molecule has 0 bridgehead atoms. The minimum Gasteiger partial charge on any atom is -0.462 e. The maximum absolute atomic E-state index is 12.5. The normalized spacial score (nSPS) is 11.1. The van der Waals surface area contributed by atoms with Gasteiger partial charge in [-0.25, -0.2) is 10.2 Å². The Morgan fingerprint density at radius 2 is 1.74 bits per heavy atom. The molecule has 6 heteroatoms. The summed E-state index contributed by atoms with van der Waals surface area (Å²) in [4.78, 5) is 24.4. The summed E-state index contributed by atoms with van der Waals surface area (Å²) >= 11 is 0. The van der Waals surface area contributed by atoms with Crippen molar-refractivity contribution in [2.24, 2.45) is 5.10 Å². The summed E-state index contributed by atoms with van der Waals surface area (Å²) in [6.07, 6.45) is 1.91. The summed E-state index contributed by atoms with van der Waals surface area (Å²) in [5.41, 5.74) is 7.96. The van der Waals surface area contributed by atoms with Crippen molar-refractivity contribution in [3.05, 3.63) is 101 Å². The summed E-state index contributed by atoms with van der Waals surface area (Å²) in [6, 6.07) is 23.3. The Bertz CT molecular complexity index is 1360. The lowest BCUT2D eigenvalue weighted by Gasteiger charge is -2.10. The van der Waals surface area contributed by atoms with E-state index >= 15 is 0 Å². The zero-order valence-electron chi connectivity index (χ0n) is 19.5. The van der Waals surface area contributed by atoms with E-state index in [1.54, 1.807) is 25.3 Å². The summed E-state index contributed by atoms with van der Waals surface area (Å²) in [7, 11) is 0. The molecule has 3 aromatic carbocycles. The van der Waals surface area contributed by atoms with E-state index < -0.39 is 0 Å². The van der Waals surface area contributed by atoms with E-state index in [0.717, 1.165) is 39.0 Å². The Kier molecular flexibility index (Phi) is 6.87. The lowest BCUT2D eigenvalue weighted by molar-refractivity contribution is -0.120. The molecule has 0 unspecified atom stereocenters. The van der Waals surface area contributed by atoms with Gasteiger partial charge in [-0.05, 0) is 67.4 Å². The first kappa shape index (κ1) is 23.0. The molecule has 6 nitrogen and oxygen atoms in total. The molecule has 34 heavy (non-hydrogen) atoms. The van der Waals surface area contributed by atoms with E-state index in [1.165, 1.54) is 0 Å². The summed E-state index contributed by atoms with van der Waals surface area (Å²) in [6.45, 7) is 6.12. The van der Waals surface area contributed by atoms with Crippen molar-refractivity contribution >= 4 is 28.9 Å². The SMILES string of the molecule is CCOC(=O)c1ccc(-n2c(C)cc(C=NNC(=O)Cc3cccc4ccccc34)c2C)cc1. The number of hydrogen-bond acceptors (Lipinski definition) is 4. The molecule has 0 saturated heterocycles. The van der Waals surface area contributed by atoms with Gasteiger partial charge >= 0.3 is 5.97 Å². The van der Waals surface area contributed by atoms with E-state index in [-0.39, 0.29) is 18.3 Å². The van der Waals surface area contributed by atoms with Crippen molar-refractivity contribution in [3.63, 3.8) is 0 Å². The molecule has 0 saturated carbocycles. The van der Waals surface area contributed by atoms with Crippen molar-refractivity contribution in [2.45, 2.75) is 27.2 Å². The van der Waals surface area contributed by atoms with Crippen LogP contribution in [0, 0.1) is 13.8 Å². The number of nitrogens with zero attached hydrogens (tertiary/aromatic N) is 2. The van der Waals surface area contributed by atoms with E-state index in [1.807, 2.05) is 74.5 Å². The summed E-state index contributed by atoms with van der Waals surface area (Å²) in [5, 5.41) is 6.37. The molecule has 0 atom stereocenters. The van der Waals surface area contributed by atoms with Gasteiger partial charge in [0.2, 0.25) is 5.91 Å². The standard InChI is InChI=1S/C28H27N3O3/c1-4-34-28(33)22-12-14-25(15-13-22)31-19(2)16-24(20(31)3)18-29-30-27(32)17-23-10-7-9-21-8-5-6-11-26(21)23/h5-16,18H,4,17H2,1-3H3,(H,30,32). The number of aromatic nitrogens is 1. The van der Waals surface area contributed by atoms with Gasteiger partial charge in [-0.2, -0.15) is 5.10 Å². The van der Waals surface area contributed by atoms with E-state index in [0.29, 0.717) is 12.2 Å². The highest BCUT2D eigenvalue weighted by atomic mass is 16.5. The third kappa shape index (κ3) is 4.91. The number of carbonyl (C=O) groups is 2. The number of amides is 1. The highest BCUT2D eigenvalue weighted by Crippen LogP contribution is 2.21. The number of esters is 1. The fraction of sp³-hybridized carbons (Fsp3) is 0.179. The second kappa shape index (κ2) is 10.2. The number of hydrazone groups is 1. The monoisotopic (exact) mass is 453 g/mol. The Morgan fingerprint density at radius 3 is 2.50 bits per heavy atom. The predicted octanol–water partition coefficient (Wildman–Crippen LogP) is 5.12. The van der Waals surface area contributed by atoms with E-state index in [2.05, 4.69) is 15.1 Å². The van der Waals surface area contributed by atoms with Gasteiger partial charge in [0.25, 0.3) is 0 Å². The van der Waals surface area contributed by atoms with Crippen molar-refractivity contribution < 1.29 is 14.3 Å². The van der Waals surface area contributed by atoms with Crippen molar-refractivity contribution in [1.82, 2.24) is 9.99 Å². The second-order valence-corrected chi connectivity index (χ2v) is 8.04. The summed E-state index contributed by atoms with van der Waals surface area (Å²) < 4.78 is 7.13. The van der Waals surface area contributed by atoms with E-state index in [9.17, 15) is 9.59 Å². The molecule has 172 valence electrons. The topological polar surface area (TPSA) is 72.7 Å². The van der Waals surface area contributed by atoms with Gasteiger partial charge in [0.15, 0.2) is 0 Å². The molecule has 4 aromatic rings. The van der Waals surface area contributed by atoms with Crippen molar-refractivity contribution in [2.75, 3.05) is 6.61 Å². The molecule has 0 fully saturated rings. The van der Waals surface area contributed by atoms with Crippen LogP contribution >= 0.6 is 0 Å². The number of benzene rings is 3. The van der Waals surface area contributed by atoms with Crippen LogP contribution in [0.25, 0.3) is 16.5 Å². The number of nitrogens with one attached hydrogen (secondary N) is 1. The molecule has 0 aliphatic heterocycles. The maximum atomic E-state index is 12.5. The highest BCUT2D eigenvalue weighted by molar-refractivity contribution is 5.91.